The number of nitrogens with zero attached hydrogens (tertiary/aromatic N) is 1. The summed E-state index contributed by atoms with van der Waals surface area (Å²) in [6, 6.07) is 8.42. The standard InChI is InChI=1S/C18H28N2O2/c1-15-8-10-17(11-9-15)22-13-12-20(2)14-18(21)19-16-6-4-3-5-7-16/h8-11,16H,3-7,12-14H2,1-2H3,(H,19,21). The highest BCUT2D eigenvalue weighted by Gasteiger charge is 2.16. The average Bonchev–Trinajstić information content (AvgIpc) is 2.50. The second kappa shape index (κ2) is 8.79. The number of rotatable bonds is 7. The molecule has 1 amide bonds. The van der Waals surface area contributed by atoms with E-state index in [1.54, 1.807) is 0 Å². The van der Waals surface area contributed by atoms with E-state index in [1.807, 2.05) is 36.2 Å². The van der Waals surface area contributed by atoms with Gasteiger partial charge >= 0.3 is 0 Å². The van der Waals surface area contributed by atoms with E-state index in [1.165, 1.54) is 24.8 Å². The first kappa shape index (κ1) is 16.8. The van der Waals surface area contributed by atoms with E-state index in [4.69, 9.17) is 4.74 Å². The molecule has 1 aromatic rings. The number of hydrogen-bond acceptors (Lipinski definition) is 3. The van der Waals surface area contributed by atoms with Gasteiger partial charge in [0.25, 0.3) is 0 Å². The Balaban J connectivity index is 1.61. The molecule has 1 aliphatic rings. The zero-order valence-corrected chi connectivity index (χ0v) is 13.8. The lowest BCUT2D eigenvalue weighted by Gasteiger charge is -2.24. The quantitative estimate of drug-likeness (QED) is 0.842. The highest BCUT2D eigenvalue weighted by atomic mass is 16.5. The van der Waals surface area contributed by atoms with Crippen molar-refractivity contribution in [3.8, 4) is 5.75 Å². The topological polar surface area (TPSA) is 41.6 Å². The van der Waals surface area contributed by atoms with Gasteiger partial charge in [0, 0.05) is 12.6 Å². The maximum atomic E-state index is 12.0. The molecule has 4 nitrogen and oxygen atoms in total. The summed E-state index contributed by atoms with van der Waals surface area (Å²) in [6.07, 6.45) is 6.05. The van der Waals surface area contributed by atoms with Crippen LogP contribution in [0.25, 0.3) is 0 Å². The molecule has 0 unspecified atom stereocenters. The second-order valence-corrected chi connectivity index (χ2v) is 6.30. The smallest absolute Gasteiger partial charge is 0.234 e. The number of nitrogens with one attached hydrogen (secondary N) is 1. The van der Waals surface area contributed by atoms with E-state index >= 15 is 0 Å². The zero-order chi connectivity index (χ0) is 15.8. The largest absolute Gasteiger partial charge is 0.492 e. The highest BCUT2D eigenvalue weighted by Crippen LogP contribution is 2.17. The van der Waals surface area contributed by atoms with Gasteiger partial charge in [-0.15, -0.1) is 0 Å². The van der Waals surface area contributed by atoms with Gasteiger partial charge in [-0.1, -0.05) is 37.0 Å². The molecule has 22 heavy (non-hydrogen) atoms. The fourth-order valence-electron chi connectivity index (χ4n) is 2.80. The Morgan fingerprint density at radius 1 is 1.23 bits per heavy atom. The Hall–Kier alpha value is -1.55. The van der Waals surface area contributed by atoms with Crippen molar-refractivity contribution in [2.75, 3.05) is 26.7 Å². The molecule has 0 saturated heterocycles. The van der Waals surface area contributed by atoms with Crippen molar-refractivity contribution >= 4 is 5.91 Å². The van der Waals surface area contributed by atoms with Crippen molar-refractivity contribution in [1.82, 2.24) is 10.2 Å². The van der Waals surface area contributed by atoms with Crippen molar-refractivity contribution in [2.24, 2.45) is 0 Å². The Labute approximate surface area is 133 Å². The first-order valence-electron chi connectivity index (χ1n) is 8.31. The lowest BCUT2D eigenvalue weighted by Crippen LogP contribution is -2.42. The van der Waals surface area contributed by atoms with Gasteiger partial charge in [-0.25, -0.2) is 0 Å². The number of amides is 1. The van der Waals surface area contributed by atoms with Crippen LogP contribution in [0, 0.1) is 6.92 Å². The zero-order valence-electron chi connectivity index (χ0n) is 13.8. The minimum absolute atomic E-state index is 0.129. The molecule has 1 aromatic carbocycles. The maximum absolute atomic E-state index is 12.0. The van der Waals surface area contributed by atoms with Gasteiger partial charge in [0.15, 0.2) is 0 Å². The number of benzene rings is 1. The number of carbonyl (C=O) groups is 1. The molecule has 2 rings (SSSR count). The van der Waals surface area contributed by atoms with Crippen LogP contribution in [0.15, 0.2) is 24.3 Å². The summed E-state index contributed by atoms with van der Waals surface area (Å²) in [5.41, 5.74) is 1.23. The predicted molar refractivity (Wildman–Crippen MR) is 89.2 cm³/mol. The molecule has 1 fully saturated rings. The number of likely N-dealkylation sites (N-methyl/N-ethyl adjacent to an activating group) is 1. The monoisotopic (exact) mass is 304 g/mol. The first-order chi connectivity index (χ1) is 10.6. The Morgan fingerprint density at radius 2 is 1.91 bits per heavy atom. The maximum Gasteiger partial charge on any atom is 0.234 e. The van der Waals surface area contributed by atoms with Crippen molar-refractivity contribution in [2.45, 2.75) is 45.1 Å². The third kappa shape index (κ3) is 6.06. The molecule has 1 aliphatic carbocycles. The van der Waals surface area contributed by atoms with Gasteiger partial charge in [0.1, 0.15) is 12.4 Å². The van der Waals surface area contributed by atoms with Crippen molar-refractivity contribution < 1.29 is 9.53 Å². The number of hydrogen-bond donors (Lipinski definition) is 1. The van der Waals surface area contributed by atoms with Crippen LogP contribution in [0.3, 0.4) is 0 Å². The molecular formula is C18H28N2O2. The summed E-state index contributed by atoms with van der Waals surface area (Å²) in [7, 11) is 1.96. The fourth-order valence-corrected chi connectivity index (χ4v) is 2.80. The number of carbonyl (C=O) groups excluding carboxylic acids is 1. The van der Waals surface area contributed by atoms with Crippen LogP contribution < -0.4 is 10.1 Å². The van der Waals surface area contributed by atoms with Gasteiger partial charge in [0.2, 0.25) is 5.91 Å². The predicted octanol–water partition coefficient (Wildman–Crippen LogP) is 2.75. The summed E-state index contributed by atoms with van der Waals surface area (Å²) < 4.78 is 5.69. The van der Waals surface area contributed by atoms with Crippen LogP contribution in [0.1, 0.15) is 37.7 Å². The SMILES string of the molecule is Cc1ccc(OCCN(C)CC(=O)NC2CCCCC2)cc1. The van der Waals surface area contributed by atoms with Gasteiger partial charge < -0.3 is 10.1 Å². The summed E-state index contributed by atoms with van der Waals surface area (Å²) in [5.74, 6) is 1.01. The van der Waals surface area contributed by atoms with Crippen LogP contribution >= 0.6 is 0 Å². The normalized spacial score (nSPS) is 15.8. The van der Waals surface area contributed by atoms with Gasteiger partial charge in [-0.3, -0.25) is 9.69 Å². The van der Waals surface area contributed by atoms with Gasteiger partial charge in [-0.05, 0) is 38.9 Å². The lowest BCUT2D eigenvalue weighted by atomic mass is 9.95. The van der Waals surface area contributed by atoms with Gasteiger partial charge in [0.05, 0.1) is 6.54 Å². The molecule has 0 bridgehead atoms. The highest BCUT2D eigenvalue weighted by molar-refractivity contribution is 5.78. The van der Waals surface area contributed by atoms with E-state index in [0.29, 0.717) is 19.2 Å². The Morgan fingerprint density at radius 3 is 2.59 bits per heavy atom. The summed E-state index contributed by atoms with van der Waals surface area (Å²) >= 11 is 0. The molecule has 1 N–H and O–H groups in total. The molecule has 0 aromatic heterocycles. The van der Waals surface area contributed by atoms with Crippen LogP contribution in [-0.4, -0.2) is 43.6 Å². The van der Waals surface area contributed by atoms with Crippen molar-refractivity contribution in [1.29, 1.82) is 0 Å². The lowest BCUT2D eigenvalue weighted by molar-refractivity contribution is -0.122. The van der Waals surface area contributed by atoms with Crippen LogP contribution in [0.5, 0.6) is 5.75 Å². The van der Waals surface area contributed by atoms with E-state index in [9.17, 15) is 4.79 Å². The minimum atomic E-state index is 0.129. The van der Waals surface area contributed by atoms with E-state index in [0.717, 1.165) is 25.1 Å². The summed E-state index contributed by atoms with van der Waals surface area (Å²) in [4.78, 5) is 14.0. The number of aryl methyl sites for hydroxylation is 1. The van der Waals surface area contributed by atoms with E-state index in [2.05, 4.69) is 12.2 Å². The molecular weight excluding hydrogens is 276 g/mol. The molecule has 4 heteroatoms. The minimum Gasteiger partial charge on any atom is -0.492 e. The molecule has 0 heterocycles. The van der Waals surface area contributed by atoms with E-state index in [-0.39, 0.29) is 5.91 Å². The Kier molecular flexibility index (Phi) is 6.72. The van der Waals surface area contributed by atoms with Gasteiger partial charge in [-0.2, -0.15) is 0 Å². The summed E-state index contributed by atoms with van der Waals surface area (Å²) in [5, 5.41) is 3.14. The van der Waals surface area contributed by atoms with Crippen LogP contribution in [0.4, 0.5) is 0 Å². The molecule has 0 atom stereocenters. The second-order valence-electron chi connectivity index (χ2n) is 6.30. The fraction of sp³-hybridized carbons (Fsp3) is 0.611. The van der Waals surface area contributed by atoms with E-state index < -0.39 is 0 Å². The van der Waals surface area contributed by atoms with Crippen LogP contribution in [0.2, 0.25) is 0 Å². The Bertz CT molecular complexity index is 453. The third-order valence-corrected chi connectivity index (χ3v) is 4.15. The van der Waals surface area contributed by atoms with Crippen molar-refractivity contribution in [3.63, 3.8) is 0 Å². The summed E-state index contributed by atoms with van der Waals surface area (Å²) in [6.45, 7) is 3.83. The molecule has 0 aliphatic heterocycles. The molecule has 0 radical (unpaired) electrons. The number of ether oxygens (including phenoxy) is 1. The third-order valence-electron chi connectivity index (χ3n) is 4.15. The van der Waals surface area contributed by atoms with Crippen molar-refractivity contribution in [3.05, 3.63) is 29.8 Å². The average molecular weight is 304 g/mol. The molecule has 0 spiro atoms. The van der Waals surface area contributed by atoms with Crippen LogP contribution in [-0.2, 0) is 4.79 Å². The first-order valence-corrected chi connectivity index (χ1v) is 8.31. The molecule has 1 saturated carbocycles. The molecule has 122 valence electrons.